The predicted octanol–water partition coefficient (Wildman–Crippen LogP) is 4.73. The topological polar surface area (TPSA) is 106 Å². The molecular formula is C34H39N7O4. The molecule has 1 N–H and O–H groups in total. The van der Waals surface area contributed by atoms with E-state index in [0.717, 1.165) is 52.0 Å². The Morgan fingerprint density at radius 1 is 1.04 bits per heavy atom. The molecule has 3 aromatic heterocycles. The number of nitrogens with one attached hydrogen (secondary N) is 1. The highest BCUT2D eigenvalue weighted by molar-refractivity contribution is 6.08. The summed E-state index contributed by atoms with van der Waals surface area (Å²) in [5.41, 5.74) is 5.42. The van der Waals surface area contributed by atoms with Crippen molar-refractivity contribution < 1.29 is 19.1 Å². The number of aromatic nitrogens is 4. The smallest absolute Gasteiger partial charge is 0.272 e. The molecule has 0 unspecified atom stereocenters. The van der Waals surface area contributed by atoms with Crippen molar-refractivity contribution in [2.24, 2.45) is 7.05 Å². The zero-order valence-corrected chi connectivity index (χ0v) is 26.6. The van der Waals surface area contributed by atoms with Crippen molar-refractivity contribution >= 4 is 33.9 Å². The van der Waals surface area contributed by atoms with Crippen LogP contribution in [0.25, 0.3) is 27.7 Å². The Hall–Kier alpha value is -4.90. The normalized spacial score (nSPS) is 14.0. The minimum Gasteiger partial charge on any atom is -0.496 e. The van der Waals surface area contributed by atoms with Gasteiger partial charge in [-0.2, -0.15) is 0 Å². The summed E-state index contributed by atoms with van der Waals surface area (Å²) < 4.78 is 15.2. The fraction of sp³-hybridized carbons (Fsp3) is 0.353. The number of likely N-dealkylation sites (N-methyl/N-ethyl adjacent to an activating group) is 1. The van der Waals surface area contributed by atoms with Crippen LogP contribution in [0.5, 0.6) is 11.5 Å². The second kappa shape index (κ2) is 12.2. The number of carbonyl (C=O) groups is 2. The van der Waals surface area contributed by atoms with Gasteiger partial charge in [0, 0.05) is 49.4 Å². The minimum atomic E-state index is -0.257. The number of hydrogen-bond donors (Lipinski definition) is 1. The lowest BCUT2D eigenvalue weighted by atomic mass is 9.96. The molecule has 1 aliphatic rings. The first kappa shape index (κ1) is 30.1. The van der Waals surface area contributed by atoms with E-state index >= 15 is 0 Å². The van der Waals surface area contributed by atoms with Crippen LogP contribution in [0.4, 0.5) is 5.69 Å². The second-order valence-electron chi connectivity index (χ2n) is 11.8. The molecule has 0 bridgehead atoms. The van der Waals surface area contributed by atoms with E-state index in [-0.39, 0.29) is 17.7 Å². The average Bonchev–Trinajstić information content (AvgIpc) is 3.60. The van der Waals surface area contributed by atoms with Gasteiger partial charge in [-0.25, -0.2) is 4.98 Å². The van der Waals surface area contributed by atoms with Gasteiger partial charge in [-0.1, -0.05) is 12.1 Å². The molecule has 1 fully saturated rings. The number of amides is 2. The summed E-state index contributed by atoms with van der Waals surface area (Å²) in [5.74, 6) is 2.31. The van der Waals surface area contributed by atoms with Gasteiger partial charge in [0.05, 0.1) is 48.9 Å². The van der Waals surface area contributed by atoms with Crippen LogP contribution in [0.15, 0.2) is 54.9 Å². The number of anilines is 1. The molecule has 1 aliphatic heterocycles. The number of imidazole rings is 1. The van der Waals surface area contributed by atoms with Crippen molar-refractivity contribution in [3.63, 3.8) is 0 Å². The molecule has 0 saturated carbocycles. The third-order valence-electron chi connectivity index (χ3n) is 8.65. The van der Waals surface area contributed by atoms with Crippen LogP contribution < -0.4 is 14.8 Å². The van der Waals surface area contributed by atoms with E-state index < -0.39 is 0 Å². The highest BCUT2D eigenvalue weighted by Gasteiger charge is 2.29. The third kappa shape index (κ3) is 5.59. The van der Waals surface area contributed by atoms with E-state index in [2.05, 4.69) is 14.7 Å². The van der Waals surface area contributed by atoms with Crippen molar-refractivity contribution in [3.8, 4) is 22.8 Å². The van der Waals surface area contributed by atoms with E-state index in [9.17, 15) is 9.59 Å². The first-order chi connectivity index (χ1) is 21.7. The Morgan fingerprint density at radius 3 is 2.51 bits per heavy atom. The monoisotopic (exact) mass is 609 g/mol. The van der Waals surface area contributed by atoms with E-state index in [1.165, 1.54) is 0 Å². The van der Waals surface area contributed by atoms with Gasteiger partial charge in [-0.3, -0.25) is 19.0 Å². The summed E-state index contributed by atoms with van der Waals surface area (Å²) in [5, 5.41) is 3.90. The molecule has 6 rings (SSSR count). The van der Waals surface area contributed by atoms with Crippen molar-refractivity contribution in [3.05, 3.63) is 72.1 Å². The van der Waals surface area contributed by atoms with E-state index in [1.807, 2.05) is 91.1 Å². The number of rotatable bonds is 8. The molecule has 4 heterocycles. The molecular weight excluding hydrogens is 570 g/mol. The van der Waals surface area contributed by atoms with Crippen molar-refractivity contribution in [1.82, 2.24) is 28.7 Å². The average molecular weight is 610 g/mol. The molecule has 0 spiro atoms. The number of carbonyl (C=O) groups excluding carboxylic acids is 2. The number of nitrogens with zero attached hydrogens (tertiary/aromatic N) is 6. The summed E-state index contributed by atoms with van der Waals surface area (Å²) in [6, 6.07) is 13.3. The number of hydrogen-bond acceptors (Lipinski definition) is 7. The second-order valence-corrected chi connectivity index (χ2v) is 11.8. The van der Waals surface area contributed by atoms with Gasteiger partial charge in [0.15, 0.2) is 0 Å². The zero-order valence-electron chi connectivity index (χ0n) is 26.6. The van der Waals surface area contributed by atoms with E-state index in [1.54, 1.807) is 20.4 Å². The Labute approximate surface area is 262 Å². The van der Waals surface area contributed by atoms with Crippen molar-refractivity contribution in [2.75, 3.05) is 53.3 Å². The lowest BCUT2D eigenvalue weighted by Gasteiger charge is -2.32. The Kier molecular flexibility index (Phi) is 8.20. The van der Waals surface area contributed by atoms with Crippen LogP contribution >= 0.6 is 0 Å². The number of likely N-dealkylation sites (tertiary alicyclic amines) is 1. The first-order valence-corrected chi connectivity index (χ1v) is 15.1. The number of benzene rings is 2. The molecule has 45 heavy (non-hydrogen) atoms. The molecule has 1 saturated heterocycles. The van der Waals surface area contributed by atoms with Gasteiger partial charge in [0.25, 0.3) is 5.91 Å². The summed E-state index contributed by atoms with van der Waals surface area (Å²) >= 11 is 0. The van der Waals surface area contributed by atoms with Crippen LogP contribution in [-0.2, 0) is 11.8 Å². The van der Waals surface area contributed by atoms with Crippen LogP contribution in [0.3, 0.4) is 0 Å². The van der Waals surface area contributed by atoms with Gasteiger partial charge in [-0.15, -0.1) is 0 Å². The van der Waals surface area contributed by atoms with Gasteiger partial charge in [0.2, 0.25) is 5.91 Å². The largest absolute Gasteiger partial charge is 0.496 e. The molecule has 2 aromatic carbocycles. The maximum atomic E-state index is 13.5. The summed E-state index contributed by atoms with van der Waals surface area (Å²) in [7, 11) is 8.90. The van der Waals surface area contributed by atoms with Crippen LogP contribution in [-0.4, -0.2) is 88.5 Å². The van der Waals surface area contributed by atoms with E-state index in [4.69, 9.17) is 14.5 Å². The number of piperidine rings is 1. The Balaban J connectivity index is 1.29. The number of aryl methyl sites for hydroxylation is 2. The van der Waals surface area contributed by atoms with Crippen LogP contribution in [0.1, 0.15) is 40.8 Å². The van der Waals surface area contributed by atoms with Crippen LogP contribution in [0, 0.1) is 6.92 Å². The molecule has 234 valence electrons. The van der Waals surface area contributed by atoms with Gasteiger partial charge < -0.3 is 29.2 Å². The lowest BCUT2D eigenvalue weighted by molar-refractivity contribution is -0.132. The lowest BCUT2D eigenvalue weighted by Crippen LogP contribution is -2.42. The summed E-state index contributed by atoms with van der Waals surface area (Å²) in [4.78, 5) is 39.7. The highest BCUT2D eigenvalue weighted by atomic mass is 16.5. The number of methoxy groups -OCH3 is 2. The summed E-state index contributed by atoms with van der Waals surface area (Å²) in [6.07, 6.45) is 5.44. The first-order valence-electron chi connectivity index (χ1n) is 15.1. The SMILES string of the molecule is COc1cc(-c2nc(C3CCN(C(=O)CN(C)C)CC3)n3ccnc(C)c23)ccc1NC(=O)c1cc2c(OC)cccc2n1C. The third-order valence-corrected chi connectivity index (χ3v) is 8.65. The summed E-state index contributed by atoms with van der Waals surface area (Å²) in [6.45, 7) is 3.81. The quantitative estimate of drug-likeness (QED) is 0.271. The van der Waals surface area contributed by atoms with Gasteiger partial charge in [-0.05, 0) is 64.2 Å². The number of ether oxygens (including phenoxy) is 2. The maximum absolute atomic E-state index is 13.5. The molecule has 0 aliphatic carbocycles. The Bertz CT molecular complexity index is 1900. The zero-order chi connectivity index (χ0) is 31.8. The van der Waals surface area contributed by atoms with Gasteiger partial charge >= 0.3 is 0 Å². The van der Waals surface area contributed by atoms with Gasteiger partial charge in [0.1, 0.15) is 23.0 Å². The number of fused-ring (bicyclic) bond motifs is 2. The highest BCUT2D eigenvalue weighted by Crippen LogP contribution is 2.37. The fourth-order valence-electron chi connectivity index (χ4n) is 6.32. The van der Waals surface area contributed by atoms with Crippen LogP contribution in [0.2, 0.25) is 0 Å². The molecule has 11 nitrogen and oxygen atoms in total. The van der Waals surface area contributed by atoms with Crippen molar-refractivity contribution in [2.45, 2.75) is 25.7 Å². The molecule has 11 heteroatoms. The molecule has 0 atom stereocenters. The van der Waals surface area contributed by atoms with E-state index in [0.29, 0.717) is 42.5 Å². The molecule has 5 aromatic rings. The maximum Gasteiger partial charge on any atom is 0.272 e. The minimum absolute atomic E-state index is 0.159. The molecule has 0 radical (unpaired) electrons. The predicted molar refractivity (Wildman–Crippen MR) is 174 cm³/mol. The fourth-order valence-corrected chi connectivity index (χ4v) is 6.32. The molecule has 2 amide bonds. The van der Waals surface area contributed by atoms with Crippen molar-refractivity contribution in [1.29, 1.82) is 0 Å². The Morgan fingerprint density at radius 2 is 1.80 bits per heavy atom. The standard InChI is InChI=1S/C34H39N7O4/c1-21-32-31(37-33(41(32)17-14-35-21)22-12-15-40(16-13-22)30(42)20-38(2)3)23-10-11-25(29(18-23)45-6)36-34(43)27-19-24-26(39(27)4)8-7-9-28(24)44-5/h7-11,14,17-19,22H,12-13,15-16,20H2,1-6H3,(H,36,43).